The van der Waals surface area contributed by atoms with Crippen LogP contribution in [-0.2, 0) is 6.61 Å². The van der Waals surface area contributed by atoms with Crippen LogP contribution in [0.1, 0.15) is 16.5 Å². The first-order valence-electron chi connectivity index (χ1n) is 3.35. The molecule has 0 aromatic carbocycles. The van der Waals surface area contributed by atoms with E-state index in [4.69, 9.17) is 10.8 Å². The number of thiophene rings is 1. The zero-order valence-corrected chi connectivity index (χ0v) is 6.97. The molecule has 2 nitrogen and oxygen atoms in total. The second-order valence-electron chi connectivity index (χ2n) is 2.22. The summed E-state index contributed by atoms with van der Waals surface area (Å²) in [6.07, 6.45) is 1.67. The molecule has 0 aliphatic heterocycles. The van der Waals surface area contributed by atoms with Gasteiger partial charge in [-0.25, -0.2) is 0 Å². The first-order chi connectivity index (χ1) is 5.29. The highest BCUT2D eigenvalue weighted by molar-refractivity contribution is 7.10. The van der Waals surface area contributed by atoms with Crippen molar-refractivity contribution in [3.63, 3.8) is 0 Å². The van der Waals surface area contributed by atoms with E-state index in [1.54, 1.807) is 6.08 Å². The Morgan fingerprint density at radius 3 is 3.09 bits per heavy atom. The van der Waals surface area contributed by atoms with E-state index in [1.165, 1.54) is 11.3 Å². The predicted molar refractivity (Wildman–Crippen MR) is 47.4 cm³/mol. The van der Waals surface area contributed by atoms with Gasteiger partial charge in [0.05, 0.1) is 6.61 Å². The van der Waals surface area contributed by atoms with Crippen molar-refractivity contribution < 1.29 is 5.11 Å². The molecular weight excluding hydrogens is 158 g/mol. The molecule has 1 aromatic heterocycles. The molecule has 1 atom stereocenters. The van der Waals surface area contributed by atoms with Gasteiger partial charge in [-0.3, -0.25) is 0 Å². The van der Waals surface area contributed by atoms with Gasteiger partial charge in [-0.2, -0.15) is 0 Å². The standard InChI is InChI=1S/C8H11NOS/c1-2-7(9)6-3-4-11-8(6)5-10/h2-4,7,10H,1,5,9H2. The highest BCUT2D eigenvalue weighted by Crippen LogP contribution is 2.22. The van der Waals surface area contributed by atoms with E-state index in [9.17, 15) is 0 Å². The lowest BCUT2D eigenvalue weighted by Crippen LogP contribution is -2.07. The average molecular weight is 169 g/mol. The summed E-state index contributed by atoms with van der Waals surface area (Å²) in [5.41, 5.74) is 6.67. The number of hydrogen-bond acceptors (Lipinski definition) is 3. The third-order valence-corrected chi connectivity index (χ3v) is 2.46. The van der Waals surface area contributed by atoms with Gasteiger partial charge in [0.25, 0.3) is 0 Å². The Kier molecular flexibility index (Phi) is 2.82. The largest absolute Gasteiger partial charge is 0.391 e. The molecule has 0 amide bonds. The van der Waals surface area contributed by atoms with Crippen LogP contribution in [0, 0.1) is 0 Å². The van der Waals surface area contributed by atoms with E-state index in [0.717, 1.165) is 10.4 Å². The van der Waals surface area contributed by atoms with Crippen LogP contribution < -0.4 is 5.73 Å². The fourth-order valence-electron chi connectivity index (χ4n) is 0.903. The first-order valence-corrected chi connectivity index (χ1v) is 4.22. The summed E-state index contributed by atoms with van der Waals surface area (Å²) >= 11 is 1.52. The molecule has 1 unspecified atom stereocenters. The highest BCUT2D eigenvalue weighted by atomic mass is 32.1. The summed E-state index contributed by atoms with van der Waals surface area (Å²) < 4.78 is 0. The third kappa shape index (κ3) is 1.68. The molecule has 3 heteroatoms. The molecule has 3 N–H and O–H groups in total. The lowest BCUT2D eigenvalue weighted by atomic mass is 10.1. The summed E-state index contributed by atoms with van der Waals surface area (Å²) in [7, 11) is 0. The van der Waals surface area contributed by atoms with E-state index < -0.39 is 0 Å². The first kappa shape index (κ1) is 8.46. The van der Waals surface area contributed by atoms with Gasteiger partial charge in [0.1, 0.15) is 0 Å². The monoisotopic (exact) mass is 169 g/mol. The van der Waals surface area contributed by atoms with E-state index in [-0.39, 0.29) is 12.6 Å². The van der Waals surface area contributed by atoms with Gasteiger partial charge in [0.15, 0.2) is 0 Å². The summed E-state index contributed by atoms with van der Waals surface area (Å²) in [5.74, 6) is 0. The number of aliphatic hydroxyl groups excluding tert-OH is 1. The van der Waals surface area contributed by atoms with Crippen LogP contribution in [0.4, 0.5) is 0 Å². The van der Waals surface area contributed by atoms with Crippen molar-refractivity contribution in [2.24, 2.45) is 5.73 Å². The minimum Gasteiger partial charge on any atom is -0.391 e. The summed E-state index contributed by atoms with van der Waals surface area (Å²) in [6.45, 7) is 3.65. The van der Waals surface area contributed by atoms with E-state index >= 15 is 0 Å². The predicted octanol–water partition coefficient (Wildman–Crippen LogP) is 1.43. The molecule has 0 saturated heterocycles. The zero-order valence-electron chi connectivity index (χ0n) is 6.16. The maximum atomic E-state index is 8.87. The fourth-order valence-corrected chi connectivity index (χ4v) is 1.70. The summed E-state index contributed by atoms with van der Waals surface area (Å²) in [4.78, 5) is 0.928. The highest BCUT2D eigenvalue weighted by Gasteiger charge is 2.07. The average Bonchev–Trinajstić information content (AvgIpc) is 2.50. The van der Waals surface area contributed by atoms with Crippen LogP contribution in [0.15, 0.2) is 24.1 Å². The van der Waals surface area contributed by atoms with Gasteiger partial charge in [-0.15, -0.1) is 17.9 Å². The Balaban J connectivity index is 2.91. The zero-order chi connectivity index (χ0) is 8.27. The van der Waals surface area contributed by atoms with Crippen molar-refractivity contribution in [2.75, 3.05) is 0 Å². The molecule has 0 radical (unpaired) electrons. The van der Waals surface area contributed by atoms with Crippen molar-refractivity contribution in [1.29, 1.82) is 0 Å². The fraction of sp³-hybridized carbons (Fsp3) is 0.250. The van der Waals surface area contributed by atoms with Gasteiger partial charge in [0.2, 0.25) is 0 Å². The van der Waals surface area contributed by atoms with Gasteiger partial charge < -0.3 is 10.8 Å². The van der Waals surface area contributed by atoms with Crippen LogP contribution >= 0.6 is 11.3 Å². The molecule has 0 bridgehead atoms. The van der Waals surface area contributed by atoms with Gasteiger partial charge in [-0.05, 0) is 17.0 Å². The number of nitrogens with two attached hydrogens (primary N) is 1. The Morgan fingerprint density at radius 1 is 1.82 bits per heavy atom. The molecule has 0 aliphatic rings. The lowest BCUT2D eigenvalue weighted by Gasteiger charge is -2.04. The quantitative estimate of drug-likeness (QED) is 0.672. The van der Waals surface area contributed by atoms with Crippen molar-refractivity contribution in [2.45, 2.75) is 12.6 Å². The topological polar surface area (TPSA) is 46.2 Å². The Labute approximate surface area is 70.0 Å². The van der Waals surface area contributed by atoms with Crippen molar-refractivity contribution >= 4 is 11.3 Å². The molecular formula is C8H11NOS. The van der Waals surface area contributed by atoms with E-state index in [2.05, 4.69) is 6.58 Å². The maximum absolute atomic E-state index is 8.87. The van der Waals surface area contributed by atoms with Gasteiger partial charge >= 0.3 is 0 Å². The second-order valence-corrected chi connectivity index (χ2v) is 3.22. The molecule has 0 aliphatic carbocycles. The van der Waals surface area contributed by atoms with Crippen molar-refractivity contribution in [3.05, 3.63) is 34.5 Å². The Hall–Kier alpha value is -0.640. The van der Waals surface area contributed by atoms with Gasteiger partial charge in [-0.1, -0.05) is 6.08 Å². The second kappa shape index (κ2) is 3.67. The van der Waals surface area contributed by atoms with Gasteiger partial charge in [0, 0.05) is 10.9 Å². The minimum atomic E-state index is -0.150. The van der Waals surface area contributed by atoms with Crippen molar-refractivity contribution in [1.82, 2.24) is 0 Å². The van der Waals surface area contributed by atoms with Crippen LogP contribution in [0.2, 0.25) is 0 Å². The molecule has 1 rings (SSSR count). The number of rotatable bonds is 3. The molecule has 0 fully saturated rings. The maximum Gasteiger partial charge on any atom is 0.0777 e. The Bertz CT molecular complexity index is 244. The van der Waals surface area contributed by atoms with Crippen LogP contribution in [0.3, 0.4) is 0 Å². The minimum absolute atomic E-state index is 0.0640. The lowest BCUT2D eigenvalue weighted by molar-refractivity contribution is 0.284. The third-order valence-electron chi connectivity index (χ3n) is 1.54. The Morgan fingerprint density at radius 2 is 2.55 bits per heavy atom. The molecule has 0 spiro atoms. The molecule has 60 valence electrons. The molecule has 0 saturated carbocycles. The van der Waals surface area contributed by atoms with E-state index in [0.29, 0.717) is 0 Å². The SMILES string of the molecule is C=CC(N)c1ccsc1CO. The van der Waals surface area contributed by atoms with Crippen LogP contribution in [0.5, 0.6) is 0 Å². The number of aliphatic hydroxyl groups is 1. The summed E-state index contributed by atoms with van der Waals surface area (Å²) in [6, 6.07) is 1.77. The van der Waals surface area contributed by atoms with Crippen LogP contribution in [0.25, 0.3) is 0 Å². The normalized spacial score (nSPS) is 12.9. The number of hydrogen-bond donors (Lipinski definition) is 2. The van der Waals surface area contributed by atoms with E-state index in [1.807, 2.05) is 11.4 Å². The molecule has 11 heavy (non-hydrogen) atoms. The van der Waals surface area contributed by atoms with Crippen LogP contribution in [-0.4, -0.2) is 5.11 Å². The molecule has 1 aromatic rings. The smallest absolute Gasteiger partial charge is 0.0777 e. The molecule has 1 heterocycles. The van der Waals surface area contributed by atoms with Crippen molar-refractivity contribution in [3.8, 4) is 0 Å². The summed E-state index contributed by atoms with van der Waals surface area (Å²) in [5, 5.41) is 10.8.